The molecule has 0 radical (unpaired) electrons. The van der Waals surface area contributed by atoms with Crippen molar-refractivity contribution in [3.8, 4) is 23.0 Å². The smallest absolute Gasteiger partial charge is 0.387 e. The molecule has 0 unspecified atom stereocenters. The Balaban J connectivity index is 1.42. The predicted octanol–water partition coefficient (Wildman–Crippen LogP) is 5.97. The lowest BCUT2D eigenvalue weighted by molar-refractivity contribution is -0.0515. The van der Waals surface area contributed by atoms with Gasteiger partial charge in [-0.2, -0.15) is 17.2 Å². The quantitative estimate of drug-likeness (QED) is 0.128. The van der Waals surface area contributed by atoms with E-state index in [9.17, 15) is 22.0 Å². The molecule has 1 atom stereocenters. The molecule has 0 amide bonds. The first-order valence-electron chi connectivity index (χ1n) is 15.1. The van der Waals surface area contributed by atoms with Crippen LogP contribution >= 0.6 is 23.2 Å². The number of halogens is 4. The van der Waals surface area contributed by atoms with Crippen LogP contribution < -0.4 is 18.4 Å². The molecule has 3 aromatic rings. The van der Waals surface area contributed by atoms with Gasteiger partial charge in [0.25, 0.3) is 0 Å². The molecule has 2 fully saturated rings. The van der Waals surface area contributed by atoms with E-state index in [1.54, 1.807) is 0 Å². The van der Waals surface area contributed by atoms with Crippen molar-refractivity contribution in [3.05, 3.63) is 75.5 Å². The minimum atomic E-state index is -4.00. The summed E-state index contributed by atoms with van der Waals surface area (Å²) in [4.78, 5) is 19.7. The standard InChI is InChI=1S/C32H34Cl2F2N2O9S/c1-48(40,41)47-30-15-22(5-6-26(30)43-13-10-38-8-11-42-12-9-38)31(39)45-28(16-23-24(33)17-37-18-25(23)34)21-4-7-27(46-32(35)36)29(14-21)44-19-20-2-3-20/h4-7,14-15,17-18,20,28,32H,2-3,8-13,16,19H2,1H3/t28-/m0/s1. The fourth-order valence-corrected chi connectivity index (χ4v) is 5.83. The Kier molecular flexibility index (Phi) is 12.2. The van der Waals surface area contributed by atoms with Crippen molar-refractivity contribution in [1.82, 2.24) is 9.88 Å². The third kappa shape index (κ3) is 10.5. The number of hydrogen-bond donors (Lipinski definition) is 0. The van der Waals surface area contributed by atoms with Crippen LogP contribution in [0.2, 0.25) is 10.0 Å². The number of nitrogens with zero attached hydrogens (tertiary/aromatic N) is 2. The van der Waals surface area contributed by atoms with Gasteiger partial charge in [0, 0.05) is 44.5 Å². The Morgan fingerprint density at radius 1 is 1.00 bits per heavy atom. The van der Waals surface area contributed by atoms with Crippen LogP contribution in [0.15, 0.2) is 48.8 Å². The third-order valence-corrected chi connectivity index (χ3v) is 8.64. The summed E-state index contributed by atoms with van der Waals surface area (Å²) in [5.41, 5.74) is 0.744. The first-order chi connectivity index (χ1) is 22.9. The van der Waals surface area contributed by atoms with E-state index in [4.69, 9.17) is 46.3 Å². The summed E-state index contributed by atoms with van der Waals surface area (Å²) in [6.07, 6.45) is 4.48. The lowest BCUT2D eigenvalue weighted by Crippen LogP contribution is -2.38. The number of benzene rings is 2. The van der Waals surface area contributed by atoms with Crippen LogP contribution in [-0.4, -0.2) is 83.2 Å². The van der Waals surface area contributed by atoms with E-state index >= 15 is 0 Å². The first kappa shape index (κ1) is 35.9. The van der Waals surface area contributed by atoms with Gasteiger partial charge in [-0.3, -0.25) is 9.88 Å². The second kappa shape index (κ2) is 16.3. The Morgan fingerprint density at radius 2 is 1.71 bits per heavy atom. The number of esters is 1. The average Bonchev–Trinajstić information content (AvgIpc) is 3.87. The average molecular weight is 732 g/mol. The van der Waals surface area contributed by atoms with Gasteiger partial charge in [0.1, 0.15) is 12.7 Å². The van der Waals surface area contributed by atoms with Gasteiger partial charge in [0.2, 0.25) is 0 Å². The van der Waals surface area contributed by atoms with E-state index in [2.05, 4.69) is 14.6 Å². The summed E-state index contributed by atoms with van der Waals surface area (Å²) >= 11 is 12.8. The molecule has 0 bridgehead atoms. The van der Waals surface area contributed by atoms with Gasteiger partial charge in [-0.25, -0.2) is 4.79 Å². The minimum Gasteiger partial charge on any atom is -0.489 e. The molecule has 11 nitrogen and oxygen atoms in total. The molecule has 2 aliphatic rings. The Hall–Kier alpha value is -3.43. The van der Waals surface area contributed by atoms with Crippen LogP contribution in [0.3, 0.4) is 0 Å². The molecule has 0 N–H and O–H groups in total. The lowest BCUT2D eigenvalue weighted by Gasteiger charge is -2.26. The number of hydrogen-bond acceptors (Lipinski definition) is 11. The summed E-state index contributed by atoms with van der Waals surface area (Å²) in [5.74, 6) is -0.751. The molecular formula is C32H34Cl2F2N2O9S. The summed E-state index contributed by atoms with van der Waals surface area (Å²) in [7, 11) is -4.00. The van der Waals surface area contributed by atoms with Crippen molar-refractivity contribution < 1.29 is 49.9 Å². The molecule has 1 aromatic heterocycles. The number of pyridine rings is 1. The van der Waals surface area contributed by atoms with Crippen molar-refractivity contribution in [1.29, 1.82) is 0 Å². The molecule has 1 saturated heterocycles. The maximum absolute atomic E-state index is 13.6. The fraction of sp³-hybridized carbons (Fsp3) is 0.438. The summed E-state index contributed by atoms with van der Waals surface area (Å²) in [6.45, 7) is 0.736. The highest BCUT2D eigenvalue weighted by atomic mass is 35.5. The predicted molar refractivity (Wildman–Crippen MR) is 172 cm³/mol. The molecule has 260 valence electrons. The summed E-state index contributed by atoms with van der Waals surface area (Å²) in [5, 5.41) is 0.433. The van der Waals surface area contributed by atoms with Crippen LogP contribution in [0.25, 0.3) is 0 Å². The largest absolute Gasteiger partial charge is 0.489 e. The van der Waals surface area contributed by atoms with E-state index in [0.29, 0.717) is 43.4 Å². The van der Waals surface area contributed by atoms with Crippen molar-refractivity contribution in [3.63, 3.8) is 0 Å². The summed E-state index contributed by atoms with van der Waals surface area (Å²) in [6, 6.07) is 8.27. The molecular weight excluding hydrogens is 697 g/mol. The number of aromatic nitrogens is 1. The topological polar surface area (TPSA) is 123 Å². The zero-order valence-electron chi connectivity index (χ0n) is 25.9. The van der Waals surface area contributed by atoms with Gasteiger partial charge in [-0.15, -0.1) is 0 Å². The zero-order chi connectivity index (χ0) is 34.3. The fourth-order valence-electron chi connectivity index (χ4n) is 4.86. The number of rotatable bonds is 16. The Morgan fingerprint density at radius 3 is 2.38 bits per heavy atom. The normalized spacial score (nSPS) is 16.0. The van der Waals surface area contributed by atoms with Crippen LogP contribution in [0.1, 0.15) is 40.4 Å². The van der Waals surface area contributed by atoms with Crippen molar-refractivity contribution in [2.45, 2.75) is 32.0 Å². The Bertz CT molecular complexity index is 1670. The second-order valence-electron chi connectivity index (χ2n) is 11.3. The molecule has 1 aliphatic carbocycles. The van der Waals surface area contributed by atoms with Gasteiger partial charge in [-0.05, 0) is 54.2 Å². The second-order valence-corrected chi connectivity index (χ2v) is 13.7. The monoisotopic (exact) mass is 730 g/mol. The van der Waals surface area contributed by atoms with Crippen molar-refractivity contribution in [2.75, 3.05) is 52.3 Å². The molecule has 16 heteroatoms. The molecule has 2 aromatic carbocycles. The van der Waals surface area contributed by atoms with E-state index in [0.717, 1.165) is 32.2 Å². The highest BCUT2D eigenvalue weighted by molar-refractivity contribution is 7.86. The van der Waals surface area contributed by atoms with Crippen LogP contribution in [0, 0.1) is 5.92 Å². The SMILES string of the molecule is CS(=O)(=O)Oc1cc(C(=O)O[C@@H](Cc2c(Cl)cncc2Cl)c2ccc(OC(F)F)c(OCC3CC3)c2)ccc1OCCN1CCOCC1. The molecule has 1 aliphatic heterocycles. The van der Waals surface area contributed by atoms with E-state index in [1.165, 1.54) is 48.8 Å². The maximum atomic E-state index is 13.6. The molecule has 1 saturated carbocycles. The van der Waals surface area contributed by atoms with Crippen molar-refractivity contribution >= 4 is 39.3 Å². The van der Waals surface area contributed by atoms with Crippen LogP contribution in [-0.2, 0) is 26.0 Å². The van der Waals surface area contributed by atoms with Gasteiger partial charge >= 0.3 is 22.7 Å². The van der Waals surface area contributed by atoms with Crippen LogP contribution in [0.5, 0.6) is 23.0 Å². The van der Waals surface area contributed by atoms with E-state index in [1.807, 2.05) is 0 Å². The van der Waals surface area contributed by atoms with Gasteiger partial charge in [-0.1, -0.05) is 29.3 Å². The third-order valence-electron chi connectivity index (χ3n) is 7.51. The molecule has 5 rings (SSSR count). The number of carbonyl (C=O) groups is 1. The lowest BCUT2D eigenvalue weighted by atomic mass is 10.0. The molecule has 2 heterocycles. The highest BCUT2D eigenvalue weighted by Crippen LogP contribution is 2.38. The first-order valence-corrected chi connectivity index (χ1v) is 17.7. The number of carbonyl (C=O) groups excluding carboxylic acids is 1. The Labute approximate surface area is 287 Å². The van der Waals surface area contributed by atoms with Crippen LogP contribution in [0.4, 0.5) is 8.78 Å². The molecule has 0 spiro atoms. The van der Waals surface area contributed by atoms with E-state index in [-0.39, 0.29) is 51.6 Å². The maximum Gasteiger partial charge on any atom is 0.387 e. The van der Waals surface area contributed by atoms with Crippen molar-refractivity contribution in [2.24, 2.45) is 5.92 Å². The van der Waals surface area contributed by atoms with E-state index < -0.39 is 28.8 Å². The summed E-state index contributed by atoms with van der Waals surface area (Å²) < 4.78 is 83.3. The number of morpholine rings is 1. The zero-order valence-corrected chi connectivity index (χ0v) is 28.2. The minimum absolute atomic E-state index is 0.0293. The van der Waals surface area contributed by atoms with Gasteiger partial charge in [0.05, 0.1) is 41.7 Å². The van der Waals surface area contributed by atoms with Gasteiger partial charge < -0.3 is 27.9 Å². The highest BCUT2D eigenvalue weighted by Gasteiger charge is 2.27. The number of alkyl halides is 2. The molecule has 48 heavy (non-hydrogen) atoms. The van der Waals surface area contributed by atoms with Gasteiger partial charge in [0.15, 0.2) is 23.0 Å². The number of ether oxygens (including phenoxy) is 5.